The predicted molar refractivity (Wildman–Crippen MR) is 110 cm³/mol. The molecule has 2 aliphatic rings. The standard InChI is InChI=1S/C21H32N2O4S/c24-21(22-12-7-15-27-19-10-5-2-6-11-19)20(18-8-3-1-4-9-18)23-13-16-28(25,26)17-14-23/h1,3-4,8-9,19-20H,2,5-7,10-17H2,(H,22,24). The summed E-state index contributed by atoms with van der Waals surface area (Å²) < 4.78 is 29.4. The van der Waals surface area contributed by atoms with Crippen molar-refractivity contribution in [1.82, 2.24) is 10.2 Å². The smallest absolute Gasteiger partial charge is 0.241 e. The maximum atomic E-state index is 12.9. The number of carbonyl (C=O) groups excluding carboxylic acids is 1. The molecule has 1 N–H and O–H groups in total. The first kappa shape index (κ1) is 21.3. The maximum absolute atomic E-state index is 12.9. The summed E-state index contributed by atoms with van der Waals surface area (Å²) in [6.45, 7) is 2.02. The Kier molecular flexibility index (Phi) is 7.88. The first-order valence-electron chi connectivity index (χ1n) is 10.4. The number of ether oxygens (including phenoxy) is 1. The molecular formula is C21H32N2O4S. The molecule has 1 aromatic rings. The zero-order valence-electron chi connectivity index (χ0n) is 16.5. The van der Waals surface area contributed by atoms with Crippen LogP contribution in [-0.2, 0) is 19.4 Å². The lowest BCUT2D eigenvalue weighted by atomic mass is 9.98. The van der Waals surface area contributed by atoms with Crippen molar-refractivity contribution in [2.75, 3.05) is 37.7 Å². The van der Waals surface area contributed by atoms with Gasteiger partial charge in [-0.25, -0.2) is 8.42 Å². The zero-order valence-corrected chi connectivity index (χ0v) is 17.3. The fourth-order valence-corrected chi connectivity index (χ4v) is 5.24. The van der Waals surface area contributed by atoms with Crippen LogP contribution >= 0.6 is 0 Å². The average Bonchev–Trinajstić information content (AvgIpc) is 2.71. The highest BCUT2D eigenvalue weighted by Crippen LogP contribution is 2.23. The minimum Gasteiger partial charge on any atom is -0.378 e. The van der Waals surface area contributed by atoms with E-state index in [1.807, 2.05) is 35.2 Å². The Hall–Kier alpha value is -1.44. The quantitative estimate of drug-likeness (QED) is 0.668. The lowest BCUT2D eigenvalue weighted by Gasteiger charge is -2.33. The van der Waals surface area contributed by atoms with Crippen molar-refractivity contribution in [2.24, 2.45) is 0 Å². The van der Waals surface area contributed by atoms with Crippen LogP contribution in [0.1, 0.15) is 50.1 Å². The highest BCUT2D eigenvalue weighted by Gasteiger charge is 2.32. The fourth-order valence-electron chi connectivity index (χ4n) is 4.01. The van der Waals surface area contributed by atoms with Gasteiger partial charge in [-0.3, -0.25) is 9.69 Å². The first-order valence-corrected chi connectivity index (χ1v) is 12.3. The van der Waals surface area contributed by atoms with E-state index in [9.17, 15) is 13.2 Å². The number of nitrogens with zero attached hydrogens (tertiary/aromatic N) is 1. The van der Waals surface area contributed by atoms with E-state index < -0.39 is 15.9 Å². The van der Waals surface area contributed by atoms with E-state index in [1.54, 1.807) is 0 Å². The second-order valence-corrected chi connectivity index (χ2v) is 10.1. The molecule has 28 heavy (non-hydrogen) atoms. The number of nitrogens with one attached hydrogen (secondary N) is 1. The summed E-state index contributed by atoms with van der Waals surface area (Å²) in [5.41, 5.74) is 0.901. The molecule has 1 unspecified atom stereocenters. The van der Waals surface area contributed by atoms with Crippen molar-refractivity contribution < 1.29 is 17.9 Å². The van der Waals surface area contributed by atoms with Gasteiger partial charge in [-0.05, 0) is 24.8 Å². The summed E-state index contributed by atoms with van der Waals surface area (Å²) in [5.74, 6) is 0.153. The monoisotopic (exact) mass is 408 g/mol. The van der Waals surface area contributed by atoms with Gasteiger partial charge in [0.25, 0.3) is 0 Å². The Labute approximate surface area is 168 Å². The first-order chi connectivity index (χ1) is 13.6. The molecule has 3 rings (SSSR count). The molecule has 1 aromatic carbocycles. The molecule has 1 aliphatic heterocycles. The van der Waals surface area contributed by atoms with Gasteiger partial charge in [0.15, 0.2) is 9.84 Å². The number of amides is 1. The molecule has 1 aliphatic carbocycles. The van der Waals surface area contributed by atoms with Crippen molar-refractivity contribution >= 4 is 15.7 Å². The molecule has 0 radical (unpaired) electrons. The highest BCUT2D eigenvalue weighted by atomic mass is 32.2. The van der Waals surface area contributed by atoms with Gasteiger partial charge in [-0.2, -0.15) is 0 Å². The molecule has 1 saturated carbocycles. The molecule has 1 saturated heterocycles. The van der Waals surface area contributed by atoms with E-state index in [4.69, 9.17) is 4.74 Å². The van der Waals surface area contributed by atoms with Crippen LogP contribution in [0.15, 0.2) is 30.3 Å². The molecule has 0 aromatic heterocycles. The summed E-state index contributed by atoms with van der Waals surface area (Å²) in [5, 5.41) is 3.03. The average molecular weight is 409 g/mol. The molecule has 2 fully saturated rings. The second kappa shape index (κ2) is 10.4. The largest absolute Gasteiger partial charge is 0.378 e. The number of sulfone groups is 1. The lowest BCUT2D eigenvalue weighted by Crippen LogP contribution is -2.47. The third-order valence-corrected chi connectivity index (χ3v) is 7.24. The molecule has 1 heterocycles. The highest BCUT2D eigenvalue weighted by molar-refractivity contribution is 7.91. The van der Waals surface area contributed by atoms with Gasteiger partial charge in [0.2, 0.25) is 5.91 Å². The third kappa shape index (κ3) is 6.29. The molecule has 6 nitrogen and oxygen atoms in total. The van der Waals surface area contributed by atoms with Crippen LogP contribution in [0.4, 0.5) is 0 Å². The van der Waals surface area contributed by atoms with Crippen molar-refractivity contribution in [3.63, 3.8) is 0 Å². The van der Waals surface area contributed by atoms with Gasteiger partial charge in [0, 0.05) is 26.2 Å². The molecule has 7 heteroatoms. The van der Waals surface area contributed by atoms with Gasteiger partial charge in [0.1, 0.15) is 6.04 Å². The number of carbonyl (C=O) groups is 1. The Morgan fingerprint density at radius 3 is 2.46 bits per heavy atom. The topological polar surface area (TPSA) is 75.7 Å². The van der Waals surface area contributed by atoms with Crippen LogP contribution in [0, 0.1) is 0 Å². The number of rotatable bonds is 8. The van der Waals surface area contributed by atoms with Gasteiger partial charge < -0.3 is 10.1 Å². The van der Waals surface area contributed by atoms with Crippen LogP contribution in [0.25, 0.3) is 0 Å². The normalized spacial score (nSPS) is 21.9. The third-order valence-electron chi connectivity index (χ3n) is 5.63. The van der Waals surface area contributed by atoms with Crippen molar-refractivity contribution in [1.29, 1.82) is 0 Å². The summed E-state index contributed by atoms with van der Waals surface area (Å²) in [6.07, 6.45) is 7.31. The van der Waals surface area contributed by atoms with E-state index >= 15 is 0 Å². The van der Waals surface area contributed by atoms with Gasteiger partial charge in [-0.1, -0.05) is 49.6 Å². The van der Waals surface area contributed by atoms with Crippen LogP contribution < -0.4 is 5.32 Å². The summed E-state index contributed by atoms with van der Waals surface area (Å²) in [4.78, 5) is 14.9. The fraction of sp³-hybridized carbons (Fsp3) is 0.667. The molecule has 0 spiro atoms. The van der Waals surface area contributed by atoms with E-state index in [1.165, 1.54) is 19.3 Å². The van der Waals surface area contributed by atoms with Gasteiger partial charge in [0.05, 0.1) is 17.6 Å². The number of hydrogen-bond acceptors (Lipinski definition) is 5. The lowest BCUT2D eigenvalue weighted by molar-refractivity contribution is -0.126. The summed E-state index contributed by atoms with van der Waals surface area (Å²) in [6, 6.07) is 9.15. The summed E-state index contributed by atoms with van der Waals surface area (Å²) >= 11 is 0. The Balaban J connectivity index is 1.50. The predicted octanol–water partition coefficient (Wildman–Crippen LogP) is 2.31. The molecule has 1 amide bonds. The Morgan fingerprint density at radius 2 is 1.79 bits per heavy atom. The van der Waals surface area contributed by atoms with Crippen molar-refractivity contribution in [3.8, 4) is 0 Å². The SMILES string of the molecule is O=C(NCCCOC1CCCCC1)C(c1ccccc1)N1CCS(=O)(=O)CC1. The van der Waals surface area contributed by atoms with E-state index in [-0.39, 0.29) is 17.4 Å². The minimum atomic E-state index is -2.98. The van der Waals surface area contributed by atoms with Crippen LogP contribution in [-0.4, -0.2) is 63.1 Å². The van der Waals surface area contributed by atoms with Crippen molar-refractivity contribution in [2.45, 2.75) is 50.7 Å². The zero-order chi connectivity index (χ0) is 19.8. The number of hydrogen-bond donors (Lipinski definition) is 1. The maximum Gasteiger partial charge on any atom is 0.241 e. The minimum absolute atomic E-state index is 0.0665. The number of benzene rings is 1. The Bertz CT molecular complexity index is 703. The van der Waals surface area contributed by atoms with Crippen LogP contribution in [0.5, 0.6) is 0 Å². The molecule has 0 bridgehead atoms. The second-order valence-electron chi connectivity index (χ2n) is 7.78. The van der Waals surface area contributed by atoms with Crippen LogP contribution in [0.3, 0.4) is 0 Å². The Morgan fingerprint density at radius 1 is 1.11 bits per heavy atom. The van der Waals surface area contributed by atoms with E-state index in [2.05, 4.69) is 5.32 Å². The van der Waals surface area contributed by atoms with Crippen molar-refractivity contribution in [3.05, 3.63) is 35.9 Å². The molecule has 156 valence electrons. The molecule has 1 atom stereocenters. The molecular weight excluding hydrogens is 376 g/mol. The van der Waals surface area contributed by atoms with Gasteiger partial charge >= 0.3 is 0 Å². The summed E-state index contributed by atoms with van der Waals surface area (Å²) in [7, 11) is -2.98. The van der Waals surface area contributed by atoms with Gasteiger partial charge in [-0.15, -0.1) is 0 Å². The van der Waals surface area contributed by atoms with E-state index in [0.29, 0.717) is 32.3 Å². The van der Waals surface area contributed by atoms with E-state index in [0.717, 1.165) is 24.8 Å². The van der Waals surface area contributed by atoms with Crippen LogP contribution in [0.2, 0.25) is 0 Å².